The number of amides is 2. The van der Waals surface area contributed by atoms with Crippen molar-refractivity contribution < 1.29 is 14.0 Å². The standard InChI is InChI=1S/C15H15N5O3S2/c1-3-12-19-20-15(25-12)17-11(21)6-9-7-24-14(16-9)18-13(22)10-4-5-23-8(10)2/h4-5,7H,3,6H2,1-2H3,(H,16,18,22)(H,17,20,21). The van der Waals surface area contributed by atoms with E-state index in [9.17, 15) is 9.59 Å². The highest BCUT2D eigenvalue weighted by Crippen LogP contribution is 2.19. The number of hydrogen-bond donors (Lipinski definition) is 2. The van der Waals surface area contributed by atoms with Gasteiger partial charge in [-0.3, -0.25) is 14.9 Å². The highest BCUT2D eigenvalue weighted by Gasteiger charge is 2.15. The van der Waals surface area contributed by atoms with Crippen LogP contribution in [0.5, 0.6) is 0 Å². The lowest BCUT2D eigenvalue weighted by Crippen LogP contribution is -2.15. The summed E-state index contributed by atoms with van der Waals surface area (Å²) in [5.74, 6) is 0.0161. The van der Waals surface area contributed by atoms with E-state index in [1.54, 1.807) is 18.4 Å². The van der Waals surface area contributed by atoms with E-state index in [0.717, 1.165) is 11.4 Å². The monoisotopic (exact) mass is 377 g/mol. The minimum atomic E-state index is -0.294. The van der Waals surface area contributed by atoms with Gasteiger partial charge >= 0.3 is 0 Å². The van der Waals surface area contributed by atoms with Crippen LogP contribution in [0.4, 0.5) is 10.3 Å². The summed E-state index contributed by atoms with van der Waals surface area (Å²) in [5.41, 5.74) is 1.03. The fourth-order valence-corrected chi connectivity index (χ4v) is 3.41. The first kappa shape index (κ1) is 17.2. The van der Waals surface area contributed by atoms with Crippen LogP contribution in [-0.2, 0) is 17.6 Å². The van der Waals surface area contributed by atoms with Crippen molar-refractivity contribution in [3.8, 4) is 0 Å². The SMILES string of the molecule is CCc1nnc(NC(=O)Cc2csc(NC(=O)c3ccoc3C)n2)s1. The summed E-state index contributed by atoms with van der Waals surface area (Å²) in [4.78, 5) is 28.4. The molecule has 25 heavy (non-hydrogen) atoms. The summed E-state index contributed by atoms with van der Waals surface area (Å²) in [7, 11) is 0. The van der Waals surface area contributed by atoms with Crippen molar-refractivity contribution >= 4 is 44.8 Å². The van der Waals surface area contributed by atoms with Crippen LogP contribution >= 0.6 is 22.7 Å². The third-order valence-corrected chi connectivity index (χ3v) is 5.02. The third-order valence-electron chi connectivity index (χ3n) is 3.23. The summed E-state index contributed by atoms with van der Waals surface area (Å²) in [6, 6.07) is 1.60. The molecule has 0 aromatic carbocycles. The average molecular weight is 377 g/mol. The Bertz CT molecular complexity index is 899. The van der Waals surface area contributed by atoms with Gasteiger partial charge in [0.15, 0.2) is 5.13 Å². The number of hydrogen-bond acceptors (Lipinski definition) is 8. The van der Waals surface area contributed by atoms with Crippen molar-refractivity contribution in [1.82, 2.24) is 15.2 Å². The van der Waals surface area contributed by atoms with Crippen LogP contribution in [0.3, 0.4) is 0 Å². The molecule has 0 aliphatic rings. The van der Waals surface area contributed by atoms with Gasteiger partial charge in [0, 0.05) is 5.38 Å². The molecule has 0 aliphatic heterocycles. The van der Waals surface area contributed by atoms with Gasteiger partial charge in [0.05, 0.1) is 23.9 Å². The van der Waals surface area contributed by atoms with E-state index in [1.165, 1.54) is 28.9 Å². The van der Waals surface area contributed by atoms with Gasteiger partial charge < -0.3 is 9.73 Å². The fraction of sp³-hybridized carbons (Fsp3) is 0.267. The normalized spacial score (nSPS) is 10.6. The molecule has 0 fully saturated rings. The van der Waals surface area contributed by atoms with Gasteiger partial charge in [0.25, 0.3) is 5.91 Å². The van der Waals surface area contributed by atoms with Crippen molar-refractivity contribution in [3.63, 3.8) is 0 Å². The first-order valence-electron chi connectivity index (χ1n) is 7.47. The van der Waals surface area contributed by atoms with E-state index in [2.05, 4.69) is 25.8 Å². The zero-order chi connectivity index (χ0) is 17.8. The predicted molar refractivity (Wildman–Crippen MR) is 95.1 cm³/mol. The van der Waals surface area contributed by atoms with Crippen LogP contribution < -0.4 is 10.6 Å². The van der Waals surface area contributed by atoms with E-state index in [-0.39, 0.29) is 18.2 Å². The Kier molecular flexibility index (Phi) is 5.19. The zero-order valence-electron chi connectivity index (χ0n) is 13.5. The molecule has 3 rings (SSSR count). The highest BCUT2D eigenvalue weighted by atomic mass is 32.1. The lowest BCUT2D eigenvalue weighted by Gasteiger charge is -2.00. The molecule has 0 aliphatic carbocycles. The molecule has 3 aromatic rings. The maximum atomic E-state index is 12.1. The maximum Gasteiger partial charge on any atom is 0.260 e. The summed E-state index contributed by atoms with van der Waals surface area (Å²) in [6.07, 6.45) is 2.33. The zero-order valence-corrected chi connectivity index (χ0v) is 15.2. The molecule has 0 bridgehead atoms. The van der Waals surface area contributed by atoms with Gasteiger partial charge in [-0.15, -0.1) is 21.5 Å². The van der Waals surface area contributed by atoms with Crippen LogP contribution in [-0.4, -0.2) is 27.0 Å². The van der Waals surface area contributed by atoms with E-state index >= 15 is 0 Å². The number of nitrogens with one attached hydrogen (secondary N) is 2. The largest absolute Gasteiger partial charge is 0.469 e. The molecule has 0 saturated heterocycles. The van der Waals surface area contributed by atoms with Gasteiger partial charge in [-0.25, -0.2) is 4.98 Å². The molecule has 8 nitrogen and oxygen atoms in total. The molecule has 0 saturated carbocycles. The van der Waals surface area contributed by atoms with Crippen molar-refractivity contribution in [2.75, 3.05) is 10.6 Å². The number of carbonyl (C=O) groups is 2. The fourth-order valence-electron chi connectivity index (χ4n) is 2.01. The van der Waals surface area contributed by atoms with Crippen molar-refractivity contribution in [1.29, 1.82) is 0 Å². The second kappa shape index (κ2) is 7.53. The van der Waals surface area contributed by atoms with E-state index in [1.807, 2.05) is 6.92 Å². The topological polar surface area (TPSA) is 110 Å². The maximum absolute atomic E-state index is 12.1. The number of nitrogens with zero attached hydrogens (tertiary/aromatic N) is 3. The summed E-state index contributed by atoms with van der Waals surface area (Å²) in [6.45, 7) is 3.69. The Hall–Kier alpha value is -2.59. The molecule has 3 aromatic heterocycles. The number of rotatable bonds is 6. The highest BCUT2D eigenvalue weighted by molar-refractivity contribution is 7.15. The molecule has 0 spiro atoms. The summed E-state index contributed by atoms with van der Waals surface area (Å²) < 4.78 is 5.11. The second-order valence-corrected chi connectivity index (χ2v) is 6.99. The molecular weight excluding hydrogens is 362 g/mol. The summed E-state index contributed by atoms with van der Waals surface area (Å²) in [5, 5.41) is 16.7. The Morgan fingerprint density at radius 3 is 2.76 bits per heavy atom. The first-order chi connectivity index (χ1) is 12.0. The van der Waals surface area contributed by atoms with Crippen LogP contribution in [0.1, 0.15) is 33.7 Å². The van der Waals surface area contributed by atoms with E-state index < -0.39 is 0 Å². The Balaban J connectivity index is 1.57. The lowest BCUT2D eigenvalue weighted by atomic mass is 10.2. The molecule has 2 N–H and O–H groups in total. The molecule has 3 heterocycles. The third kappa shape index (κ3) is 4.28. The first-order valence-corrected chi connectivity index (χ1v) is 9.17. The Morgan fingerprint density at radius 1 is 1.24 bits per heavy atom. The molecule has 130 valence electrons. The van der Waals surface area contributed by atoms with Crippen molar-refractivity contribution in [3.05, 3.63) is 39.7 Å². The number of thiazole rings is 1. The number of aryl methyl sites for hydroxylation is 2. The van der Waals surface area contributed by atoms with Gasteiger partial charge in [0.2, 0.25) is 11.0 Å². The van der Waals surface area contributed by atoms with Gasteiger partial charge in [0.1, 0.15) is 10.8 Å². The van der Waals surface area contributed by atoms with Gasteiger partial charge in [-0.2, -0.15) is 0 Å². The van der Waals surface area contributed by atoms with E-state index in [0.29, 0.717) is 27.3 Å². The second-order valence-electron chi connectivity index (χ2n) is 5.07. The molecule has 10 heteroatoms. The Morgan fingerprint density at radius 2 is 2.08 bits per heavy atom. The number of anilines is 2. The number of aromatic nitrogens is 3. The predicted octanol–water partition coefficient (Wildman–Crippen LogP) is 2.89. The van der Waals surface area contributed by atoms with Crippen molar-refractivity contribution in [2.45, 2.75) is 26.7 Å². The van der Waals surface area contributed by atoms with E-state index in [4.69, 9.17) is 4.42 Å². The van der Waals surface area contributed by atoms with Gasteiger partial charge in [-0.1, -0.05) is 18.3 Å². The van der Waals surface area contributed by atoms with Crippen LogP contribution in [0.2, 0.25) is 0 Å². The Labute approximate surface area is 151 Å². The molecule has 2 amide bonds. The quantitative estimate of drug-likeness (QED) is 0.683. The van der Waals surface area contributed by atoms with Crippen LogP contribution in [0.15, 0.2) is 22.1 Å². The van der Waals surface area contributed by atoms with Crippen LogP contribution in [0, 0.1) is 6.92 Å². The molecular formula is C15H15N5O3S2. The minimum Gasteiger partial charge on any atom is -0.469 e. The summed E-state index contributed by atoms with van der Waals surface area (Å²) >= 11 is 2.61. The number of carbonyl (C=O) groups excluding carboxylic acids is 2. The minimum absolute atomic E-state index is 0.0954. The smallest absolute Gasteiger partial charge is 0.260 e. The molecule has 0 atom stereocenters. The lowest BCUT2D eigenvalue weighted by molar-refractivity contribution is -0.115. The van der Waals surface area contributed by atoms with Gasteiger partial charge in [-0.05, 0) is 19.4 Å². The number of furan rings is 1. The average Bonchev–Trinajstić information content (AvgIpc) is 3.29. The van der Waals surface area contributed by atoms with Crippen molar-refractivity contribution in [2.24, 2.45) is 0 Å². The van der Waals surface area contributed by atoms with Crippen LogP contribution in [0.25, 0.3) is 0 Å². The molecule has 0 radical (unpaired) electrons. The molecule has 0 unspecified atom stereocenters.